The molecular formula is C50H46N14O9S. The number of benzene rings is 4. The topological polar surface area (TPSA) is 260 Å². The van der Waals surface area contributed by atoms with Crippen molar-refractivity contribution in [3.8, 4) is 0 Å². The van der Waals surface area contributed by atoms with Crippen LogP contribution in [0.5, 0.6) is 0 Å². The number of hydrogen-bond donors (Lipinski definition) is 0. The van der Waals surface area contributed by atoms with Crippen LogP contribution in [0.25, 0.3) is 11.0 Å². The second kappa shape index (κ2) is 19.1. The van der Waals surface area contributed by atoms with Crippen LogP contribution < -0.4 is 19.5 Å². The normalized spacial score (nSPS) is 16.0. The Morgan fingerprint density at radius 1 is 0.581 bits per heavy atom. The van der Waals surface area contributed by atoms with Crippen molar-refractivity contribution in [2.24, 2.45) is 0 Å². The summed E-state index contributed by atoms with van der Waals surface area (Å²) in [5.74, 6) is -1.93. The van der Waals surface area contributed by atoms with Gasteiger partial charge in [-0.15, -0.1) is 19.1 Å². The molecule has 2 saturated heterocycles. The summed E-state index contributed by atoms with van der Waals surface area (Å²) in [5, 5.41) is 40.5. The number of ketones is 4. The van der Waals surface area contributed by atoms with Crippen LogP contribution in [0.1, 0.15) is 75.5 Å². The largest absolute Gasteiger partial charge is 0.691 e. The number of sulfonamides is 1. The van der Waals surface area contributed by atoms with E-state index in [1.54, 1.807) is 30.3 Å². The number of hydrogen-bond acceptors (Lipinski definition) is 18. The molecule has 0 spiro atoms. The Bertz CT molecular complexity index is 3640. The molecule has 376 valence electrons. The maximum Gasteiger partial charge on any atom is 0.258 e. The molecule has 4 aromatic heterocycles. The molecule has 0 saturated carbocycles. The van der Waals surface area contributed by atoms with Crippen LogP contribution in [0.3, 0.4) is 0 Å². The number of carbonyl (C=O) groups excluding carboxylic acids is 4. The maximum absolute atomic E-state index is 13.1. The van der Waals surface area contributed by atoms with Crippen LogP contribution in [-0.4, -0.2) is 147 Å². The molecule has 12 rings (SSSR count). The van der Waals surface area contributed by atoms with Crippen LogP contribution in [0, 0.1) is 10.4 Å². The van der Waals surface area contributed by atoms with Gasteiger partial charge < -0.3 is 20.2 Å². The van der Waals surface area contributed by atoms with Crippen molar-refractivity contribution < 1.29 is 41.9 Å². The SMILES string of the molecule is CN(C)S(=O)(=O)c1ccc(N2CCN(Cn3n[n+]([O-])c4c3C(=O)c3ccccc3C4=O)CC2)c2nonc12.O=C1c2ncccc2C(=O)c2c1n(Cc1ccc(N3CCN(Cc4ccccc4)CC3)cc1)n[n+]2[O-]. The molecule has 24 heteroatoms. The van der Waals surface area contributed by atoms with Crippen LogP contribution in [-0.2, 0) is 29.8 Å². The number of piperazine rings is 2. The third kappa shape index (κ3) is 8.51. The van der Waals surface area contributed by atoms with Gasteiger partial charge in [0.1, 0.15) is 17.1 Å². The molecule has 2 aliphatic carbocycles. The summed E-state index contributed by atoms with van der Waals surface area (Å²) < 4.78 is 33.9. The molecule has 8 aromatic rings. The number of fused-ring (bicyclic) bond motifs is 5. The number of pyridine rings is 1. The summed E-state index contributed by atoms with van der Waals surface area (Å²) in [6.07, 6.45) is 1.46. The summed E-state index contributed by atoms with van der Waals surface area (Å²) in [5.41, 5.74) is 4.62. The van der Waals surface area contributed by atoms with Crippen LogP contribution >= 0.6 is 0 Å². The van der Waals surface area contributed by atoms with Gasteiger partial charge in [-0.3, -0.25) is 34.0 Å². The summed E-state index contributed by atoms with van der Waals surface area (Å²) in [6.45, 7) is 7.33. The summed E-state index contributed by atoms with van der Waals surface area (Å²) >= 11 is 0. The fraction of sp³-hybridized carbons (Fsp3) is 0.260. The van der Waals surface area contributed by atoms with Gasteiger partial charge in [-0.2, -0.15) is 0 Å². The Morgan fingerprint density at radius 3 is 1.84 bits per heavy atom. The van der Waals surface area contributed by atoms with Gasteiger partial charge in [-0.1, -0.05) is 66.7 Å². The zero-order valence-electron chi connectivity index (χ0n) is 40.0. The first-order valence-corrected chi connectivity index (χ1v) is 25.1. The summed E-state index contributed by atoms with van der Waals surface area (Å²) in [7, 11) is -0.862. The lowest BCUT2D eigenvalue weighted by molar-refractivity contribution is -0.672. The second-order valence-electron chi connectivity index (χ2n) is 18.3. The van der Waals surface area contributed by atoms with E-state index >= 15 is 0 Å². The standard InChI is InChI=1S/C27H24N6O3.C23H22N8O6S/c34-26-22-7-4-12-28-23(22)27(35)24-25(26)33(36)29-32(24)18-20-8-10-21(11-9-20)31-15-13-30(14-16-31)17-19-5-2-1-3-6-19;1-27(2)38(35,36)17-8-7-16(18-19(17)25-37-24-18)29-11-9-28(10-12-29)13-30-20-21(31(34)26-30)23(33)15-6-4-3-5-14(15)22(20)32/h1-12H,13-18H2;3-8H,9-13H2,1-2H3. The number of rotatable bonds is 10. The lowest BCUT2D eigenvalue weighted by Gasteiger charge is -2.36. The van der Waals surface area contributed by atoms with E-state index in [0.717, 1.165) is 48.3 Å². The Kier molecular flexibility index (Phi) is 12.3. The molecular weight excluding hydrogens is 973 g/mol. The van der Waals surface area contributed by atoms with Crippen LogP contribution in [0.4, 0.5) is 11.4 Å². The number of aromatic nitrogens is 9. The van der Waals surface area contributed by atoms with Gasteiger partial charge in [0.2, 0.25) is 27.4 Å². The van der Waals surface area contributed by atoms with Crippen molar-refractivity contribution >= 4 is 55.6 Å². The Hall–Kier alpha value is -8.58. The van der Waals surface area contributed by atoms with Crippen molar-refractivity contribution in [3.05, 3.63) is 176 Å². The minimum atomic E-state index is -3.74. The minimum Gasteiger partial charge on any atom is -0.691 e. The van der Waals surface area contributed by atoms with E-state index in [4.69, 9.17) is 4.63 Å². The minimum absolute atomic E-state index is 0.0105. The summed E-state index contributed by atoms with van der Waals surface area (Å²) in [6, 6.07) is 31.2. The molecule has 0 atom stereocenters. The first-order valence-electron chi connectivity index (χ1n) is 23.7. The monoisotopic (exact) mass is 1020 g/mol. The van der Waals surface area contributed by atoms with Crippen LogP contribution in [0.2, 0.25) is 0 Å². The fourth-order valence-corrected chi connectivity index (χ4v) is 10.8. The number of carbonyl (C=O) groups is 4. The molecule has 23 nitrogen and oxygen atoms in total. The molecule has 0 amide bonds. The van der Waals surface area contributed by atoms with Crippen molar-refractivity contribution in [1.82, 2.24) is 49.2 Å². The Morgan fingerprint density at radius 2 is 1.15 bits per heavy atom. The van der Waals surface area contributed by atoms with E-state index in [2.05, 4.69) is 59.8 Å². The van der Waals surface area contributed by atoms with Crippen molar-refractivity contribution in [2.45, 2.75) is 24.7 Å². The van der Waals surface area contributed by atoms with E-state index in [-0.39, 0.29) is 78.5 Å². The maximum atomic E-state index is 13.1. The van der Waals surface area contributed by atoms with Gasteiger partial charge in [-0.05, 0) is 57.8 Å². The first kappa shape index (κ1) is 47.7. The molecule has 74 heavy (non-hydrogen) atoms. The lowest BCUT2D eigenvalue weighted by Crippen LogP contribution is -2.47. The predicted molar refractivity (Wildman–Crippen MR) is 263 cm³/mol. The van der Waals surface area contributed by atoms with Crippen LogP contribution in [0.15, 0.2) is 119 Å². The van der Waals surface area contributed by atoms with E-state index in [9.17, 15) is 38.0 Å². The molecule has 2 aliphatic heterocycles. The van der Waals surface area contributed by atoms with Gasteiger partial charge in [0, 0.05) is 96.0 Å². The molecule has 0 N–H and O–H groups in total. The molecule has 4 aliphatic rings. The third-order valence-corrected chi connectivity index (χ3v) is 15.5. The molecule has 0 unspecified atom stereocenters. The van der Waals surface area contributed by atoms with Gasteiger partial charge in [0.15, 0.2) is 17.7 Å². The van der Waals surface area contributed by atoms with Crippen molar-refractivity contribution in [2.75, 3.05) is 76.3 Å². The zero-order chi connectivity index (χ0) is 51.4. The molecule has 2 fully saturated rings. The van der Waals surface area contributed by atoms with E-state index in [0.29, 0.717) is 37.4 Å². The highest BCUT2D eigenvalue weighted by atomic mass is 32.2. The molecule has 4 aromatic carbocycles. The highest BCUT2D eigenvalue weighted by Crippen LogP contribution is 2.32. The van der Waals surface area contributed by atoms with E-state index in [1.165, 1.54) is 53.4 Å². The summed E-state index contributed by atoms with van der Waals surface area (Å²) in [4.78, 5) is 65.3. The molecule has 6 heterocycles. The number of anilines is 2. The van der Waals surface area contributed by atoms with Crippen molar-refractivity contribution in [1.29, 1.82) is 0 Å². The average molecular weight is 1020 g/mol. The van der Waals surface area contributed by atoms with E-state index < -0.39 is 33.2 Å². The quantitative estimate of drug-likeness (QED) is 0.140. The first-order chi connectivity index (χ1) is 35.8. The van der Waals surface area contributed by atoms with Gasteiger partial charge in [-0.25, -0.2) is 17.4 Å². The third-order valence-electron chi connectivity index (χ3n) is 13.7. The Balaban J connectivity index is 0.000000159. The smallest absolute Gasteiger partial charge is 0.258 e. The van der Waals surface area contributed by atoms with E-state index in [1.807, 2.05) is 40.1 Å². The number of nitrogens with zero attached hydrogens (tertiary/aromatic N) is 14. The van der Waals surface area contributed by atoms with Crippen molar-refractivity contribution in [3.63, 3.8) is 0 Å². The zero-order valence-corrected chi connectivity index (χ0v) is 40.8. The van der Waals surface area contributed by atoms with Gasteiger partial charge in [0.05, 0.1) is 21.7 Å². The highest BCUT2D eigenvalue weighted by Gasteiger charge is 2.43. The molecule has 0 bridgehead atoms. The Labute approximate surface area is 422 Å². The fourth-order valence-electron chi connectivity index (χ4n) is 9.79. The molecule has 0 radical (unpaired) electrons. The highest BCUT2D eigenvalue weighted by molar-refractivity contribution is 7.89. The predicted octanol–water partition coefficient (Wildman–Crippen LogP) is 1.92. The lowest BCUT2D eigenvalue weighted by atomic mass is 9.90. The van der Waals surface area contributed by atoms with Gasteiger partial charge in [0.25, 0.3) is 28.6 Å². The average Bonchev–Trinajstić information content (AvgIpc) is 4.13. The second-order valence-corrected chi connectivity index (χ2v) is 20.5. The van der Waals surface area contributed by atoms with Gasteiger partial charge >= 0.3 is 0 Å².